The number of benzene rings is 1. The van der Waals surface area contributed by atoms with Crippen molar-refractivity contribution >= 4 is 0 Å². The summed E-state index contributed by atoms with van der Waals surface area (Å²) in [4.78, 5) is 0. The second-order valence-electron chi connectivity index (χ2n) is 3.98. The highest BCUT2D eigenvalue weighted by Gasteiger charge is 2.43. The molecule has 0 saturated heterocycles. The van der Waals surface area contributed by atoms with E-state index < -0.39 is 5.82 Å². The molecule has 76 valence electrons. The van der Waals surface area contributed by atoms with E-state index in [1.54, 1.807) is 0 Å². The van der Waals surface area contributed by atoms with Crippen LogP contribution in [0.4, 0.5) is 4.39 Å². The van der Waals surface area contributed by atoms with Crippen molar-refractivity contribution in [2.45, 2.75) is 18.3 Å². The smallest absolute Gasteiger partial charge is 0.165 e. The monoisotopic (exact) mass is 195 g/mol. The summed E-state index contributed by atoms with van der Waals surface area (Å²) in [5, 5.41) is 12.2. The molecule has 0 aliphatic heterocycles. The van der Waals surface area contributed by atoms with Crippen molar-refractivity contribution in [1.29, 1.82) is 0 Å². The molecule has 0 aromatic heterocycles. The lowest BCUT2D eigenvalue weighted by atomic mass is 9.96. The highest BCUT2D eigenvalue weighted by Crippen LogP contribution is 2.48. The van der Waals surface area contributed by atoms with Crippen molar-refractivity contribution < 1.29 is 9.50 Å². The molecule has 2 N–H and O–H groups in total. The van der Waals surface area contributed by atoms with E-state index in [4.69, 9.17) is 5.11 Å². The summed E-state index contributed by atoms with van der Waals surface area (Å²) in [7, 11) is 1.90. The first-order chi connectivity index (χ1) is 6.68. The van der Waals surface area contributed by atoms with Gasteiger partial charge < -0.3 is 10.4 Å². The van der Waals surface area contributed by atoms with Crippen LogP contribution in [0.2, 0.25) is 0 Å². The van der Waals surface area contributed by atoms with Crippen LogP contribution in [0.25, 0.3) is 0 Å². The molecule has 2 rings (SSSR count). The Morgan fingerprint density at radius 3 is 2.71 bits per heavy atom. The number of nitrogens with one attached hydrogen (secondary N) is 1. The van der Waals surface area contributed by atoms with Crippen LogP contribution >= 0.6 is 0 Å². The van der Waals surface area contributed by atoms with E-state index in [0.717, 1.165) is 24.9 Å². The van der Waals surface area contributed by atoms with E-state index >= 15 is 0 Å². The molecule has 1 aromatic carbocycles. The van der Waals surface area contributed by atoms with Gasteiger partial charge >= 0.3 is 0 Å². The van der Waals surface area contributed by atoms with E-state index in [9.17, 15) is 4.39 Å². The number of aromatic hydroxyl groups is 1. The van der Waals surface area contributed by atoms with Crippen molar-refractivity contribution in [3.8, 4) is 5.75 Å². The zero-order valence-electron chi connectivity index (χ0n) is 8.18. The zero-order valence-corrected chi connectivity index (χ0v) is 8.18. The molecule has 2 nitrogen and oxygen atoms in total. The molecular weight excluding hydrogens is 181 g/mol. The fourth-order valence-corrected chi connectivity index (χ4v) is 1.89. The van der Waals surface area contributed by atoms with Gasteiger partial charge in [0.1, 0.15) is 0 Å². The Balaban J connectivity index is 2.28. The molecule has 0 atom stereocenters. The molecule has 0 amide bonds. The lowest BCUT2D eigenvalue weighted by Gasteiger charge is -2.15. The Morgan fingerprint density at radius 1 is 1.50 bits per heavy atom. The Labute approximate surface area is 82.8 Å². The standard InChI is InChI=1S/C11H14FNO/c1-13-7-11(4-5-11)8-2-3-10(14)9(12)6-8/h2-3,6,13-14H,4-5,7H2,1H3. The third-order valence-corrected chi connectivity index (χ3v) is 2.93. The van der Waals surface area contributed by atoms with Gasteiger partial charge in [0.2, 0.25) is 0 Å². The van der Waals surface area contributed by atoms with Crippen molar-refractivity contribution in [2.24, 2.45) is 0 Å². The Bertz CT molecular complexity index is 347. The Kier molecular flexibility index (Phi) is 2.19. The number of hydrogen-bond acceptors (Lipinski definition) is 2. The van der Waals surface area contributed by atoms with Crippen LogP contribution in [-0.4, -0.2) is 18.7 Å². The fourth-order valence-electron chi connectivity index (χ4n) is 1.89. The van der Waals surface area contributed by atoms with E-state index in [2.05, 4.69) is 5.32 Å². The summed E-state index contributed by atoms with van der Waals surface area (Å²) in [5.41, 5.74) is 1.10. The van der Waals surface area contributed by atoms with Crippen molar-refractivity contribution in [3.05, 3.63) is 29.6 Å². The summed E-state index contributed by atoms with van der Waals surface area (Å²) >= 11 is 0. The van der Waals surface area contributed by atoms with Crippen molar-refractivity contribution in [2.75, 3.05) is 13.6 Å². The van der Waals surface area contributed by atoms with Gasteiger partial charge in [-0.1, -0.05) is 6.07 Å². The second kappa shape index (κ2) is 3.24. The molecule has 1 fully saturated rings. The molecule has 3 heteroatoms. The predicted molar refractivity (Wildman–Crippen MR) is 52.9 cm³/mol. The van der Waals surface area contributed by atoms with Gasteiger partial charge in [-0.2, -0.15) is 0 Å². The van der Waals surface area contributed by atoms with E-state index in [0.29, 0.717) is 0 Å². The highest BCUT2D eigenvalue weighted by molar-refractivity contribution is 5.37. The van der Waals surface area contributed by atoms with Gasteiger partial charge in [-0.25, -0.2) is 4.39 Å². The van der Waals surface area contributed by atoms with Crippen molar-refractivity contribution in [1.82, 2.24) is 5.32 Å². The number of likely N-dealkylation sites (N-methyl/N-ethyl adjacent to an activating group) is 1. The van der Waals surface area contributed by atoms with Gasteiger partial charge in [-0.05, 0) is 37.6 Å². The van der Waals surface area contributed by atoms with Gasteiger partial charge in [-0.3, -0.25) is 0 Å². The van der Waals surface area contributed by atoms with Crippen LogP contribution in [0.1, 0.15) is 18.4 Å². The second-order valence-corrected chi connectivity index (χ2v) is 3.98. The molecule has 1 aromatic rings. The topological polar surface area (TPSA) is 32.3 Å². The minimum absolute atomic E-state index is 0.114. The first kappa shape index (κ1) is 9.46. The first-order valence-electron chi connectivity index (χ1n) is 4.81. The Morgan fingerprint density at radius 2 is 2.21 bits per heavy atom. The number of hydrogen-bond donors (Lipinski definition) is 2. The van der Waals surface area contributed by atoms with Crippen LogP contribution in [0.15, 0.2) is 18.2 Å². The highest BCUT2D eigenvalue weighted by atomic mass is 19.1. The fraction of sp³-hybridized carbons (Fsp3) is 0.455. The molecule has 0 bridgehead atoms. The van der Waals surface area contributed by atoms with Crippen LogP contribution in [0, 0.1) is 5.82 Å². The average Bonchev–Trinajstić information content (AvgIpc) is 2.91. The molecule has 0 unspecified atom stereocenters. The van der Waals surface area contributed by atoms with Crippen LogP contribution in [-0.2, 0) is 5.41 Å². The lowest BCUT2D eigenvalue weighted by Crippen LogP contribution is -2.23. The number of halogens is 1. The van der Waals surface area contributed by atoms with Crippen LogP contribution in [0.5, 0.6) is 5.75 Å². The van der Waals surface area contributed by atoms with E-state index in [1.165, 1.54) is 12.1 Å². The lowest BCUT2D eigenvalue weighted by molar-refractivity contribution is 0.430. The maximum Gasteiger partial charge on any atom is 0.165 e. The summed E-state index contributed by atoms with van der Waals surface area (Å²) in [6, 6.07) is 4.68. The normalized spacial score (nSPS) is 18.1. The van der Waals surface area contributed by atoms with Gasteiger partial charge in [-0.15, -0.1) is 0 Å². The molecule has 0 heterocycles. The third kappa shape index (κ3) is 1.48. The number of phenols is 1. The third-order valence-electron chi connectivity index (χ3n) is 2.93. The SMILES string of the molecule is CNCC1(c2ccc(O)c(F)c2)CC1. The summed E-state index contributed by atoms with van der Waals surface area (Å²) < 4.78 is 13.1. The number of phenolic OH excluding ortho intramolecular Hbond substituents is 1. The summed E-state index contributed by atoms with van der Waals surface area (Å²) in [6.07, 6.45) is 2.19. The van der Waals surface area contributed by atoms with Gasteiger partial charge in [0.15, 0.2) is 11.6 Å². The average molecular weight is 195 g/mol. The quantitative estimate of drug-likeness (QED) is 0.770. The number of rotatable bonds is 3. The predicted octanol–water partition coefficient (Wildman–Crippen LogP) is 1.78. The minimum Gasteiger partial charge on any atom is -0.505 e. The molecule has 1 aliphatic rings. The maximum atomic E-state index is 13.1. The minimum atomic E-state index is -0.523. The maximum absolute atomic E-state index is 13.1. The molecule has 1 aliphatic carbocycles. The van der Waals surface area contributed by atoms with Gasteiger partial charge in [0.25, 0.3) is 0 Å². The van der Waals surface area contributed by atoms with Gasteiger partial charge in [0.05, 0.1) is 0 Å². The van der Waals surface area contributed by atoms with E-state index in [-0.39, 0.29) is 11.2 Å². The molecular formula is C11H14FNO. The van der Waals surface area contributed by atoms with Crippen LogP contribution < -0.4 is 5.32 Å². The summed E-state index contributed by atoms with van der Waals surface area (Å²) in [6.45, 7) is 0.872. The van der Waals surface area contributed by atoms with E-state index in [1.807, 2.05) is 13.1 Å². The molecule has 0 radical (unpaired) electrons. The van der Waals surface area contributed by atoms with Crippen molar-refractivity contribution in [3.63, 3.8) is 0 Å². The van der Waals surface area contributed by atoms with Gasteiger partial charge in [0, 0.05) is 12.0 Å². The molecule has 14 heavy (non-hydrogen) atoms. The molecule has 0 spiro atoms. The largest absolute Gasteiger partial charge is 0.505 e. The summed E-state index contributed by atoms with van der Waals surface area (Å²) in [5.74, 6) is -0.793. The zero-order chi connectivity index (χ0) is 10.2. The first-order valence-corrected chi connectivity index (χ1v) is 4.81. The van der Waals surface area contributed by atoms with Crippen LogP contribution in [0.3, 0.4) is 0 Å². The molecule has 1 saturated carbocycles. The Hall–Kier alpha value is -1.09.